The number of allylic oxidation sites excluding steroid dienone is 1. The smallest absolute Gasteiger partial charge is 0.163 e. The summed E-state index contributed by atoms with van der Waals surface area (Å²) in [5.41, 5.74) is -0.350. The van der Waals surface area contributed by atoms with Gasteiger partial charge in [0, 0.05) is 17.8 Å². The highest BCUT2D eigenvalue weighted by Gasteiger charge is 2.51. The number of fused-ring (bicyclic) bond motifs is 1. The molecule has 1 unspecified atom stereocenters. The maximum atomic E-state index is 12.2. The van der Waals surface area contributed by atoms with E-state index in [0.717, 1.165) is 0 Å². The molecular formula is C14H22O3. The summed E-state index contributed by atoms with van der Waals surface area (Å²) in [5.74, 6) is 0.0636. The Morgan fingerprint density at radius 2 is 2.00 bits per heavy atom. The molecule has 1 heterocycles. The molecule has 2 rings (SSSR count). The molecule has 1 aliphatic heterocycles. The van der Waals surface area contributed by atoms with E-state index in [4.69, 9.17) is 9.47 Å². The molecule has 3 heteroatoms. The van der Waals surface area contributed by atoms with Crippen molar-refractivity contribution in [2.24, 2.45) is 17.3 Å². The summed E-state index contributed by atoms with van der Waals surface area (Å²) < 4.78 is 11.6. The zero-order valence-corrected chi connectivity index (χ0v) is 11.2. The third-order valence-electron chi connectivity index (χ3n) is 4.19. The van der Waals surface area contributed by atoms with Crippen molar-refractivity contribution in [2.45, 2.75) is 46.0 Å². The van der Waals surface area contributed by atoms with Gasteiger partial charge in [-0.25, -0.2) is 0 Å². The SMILES string of the molecule is C=CC1[C@H]2COC(C)(C)O[C@@H]2CC(=O)C1(C)C. The second kappa shape index (κ2) is 3.92. The van der Waals surface area contributed by atoms with Gasteiger partial charge in [-0.2, -0.15) is 0 Å². The van der Waals surface area contributed by atoms with Crippen LogP contribution in [0.5, 0.6) is 0 Å². The number of Topliss-reactive ketones (excluding diaryl/α,β-unsaturated/α-hetero) is 1. The molecule has 3 atom stereocenters. The zero-order valence-electron chi connectivity index (χ0n) is 11.2. The summed E-state index contributed by atoms with van der Waals surface area (Å²) in [6.07, 6.45) is 2.36. The van der Waals surface area contributed by atoms with Crippen LogP contribution in [0.15, 0.2) is 12.7 Å². The number of carbonyl (C=O) groups is 1. The maximum Gasteiger partial charge on any atom is 0.163 e. The lowest BCUT2D eigenvalue weighted by Gasteiger charge is -2.50. The third kappa shape index (κ3) is 2.06. The molecule has 0 bridgehead atoms. The Hall–Kier alpha value is -0.670. The molecule has 2 fully saturated rings. The topological polar surface area (TPSA) is 35.5 Å². The number of ketones is 1. The Morgan fingerprint density at radius 3 is 2.59 bits per heavy atom. The summed E-state index contributed by atoms with van der Waals surface area (Å²) in [7, 11) is 0. The van der Waals surface area contributed by atoms with Crippen molar-refractivity contribution < 1.29 is 14.3 Å². The highest BCUT2D eigenvalue weighted by atomic mass is 16.7. The van der Waals surface area contributed by atoms with E-state index in [2.05, 4.69) is 6.58 Å². The van der Waals surface area contributed by atoms with Gasteiger partial charge in [0.2, 0.25) is 0 Å². The van der Waals surface area contributed by atoms with E-state index < -0.39 is 5.79 Å². The molecule has 0 N–H and O–H groups in total. The molecule has 0 radical (unpaired) electrons. The Morgan fingerprint density at radius 1 is 1.35 bits per heavy atom. The second-order valence-corrected chi connectivity index (χ2v) is 6.14. The first-order chi connectivity index (χ1) is 7.78. The monoisotopic (exact) mass is 238 g/mol. The van der Waals surface area contributed by atoms with E-state index in [1.54, 1.807) is 0 Å². The Labute approximate surface area is 103 Å². The summed E-state index contributed by atoms with van der Waals surface area (Å²) in [5, 5.41) is 0. The van der Waals surface area contributed by atoms with Crippen LogP contribution in [0, 0.1) is 17.3 Å². The van der Waals surface area contributed by atoms with Gasteiger partial charge in [-0.3, -0.25) is 4.79 Å². The molecule has 0 aromatic rings. The summed E-state index contributed by atoms with van der Waals surface area (Å²) >= 11 is 0. The van der Waals surface area contributed by atoms with Gasteiger partial charge in [0.25, 0.3) is 0 Å². The van der Waals surface area contributed by atoms with Gasteiger partial charge in [-0.15, -0.1) is 6.58 Å². The highest BCUT2D eigenvalue weighted by Crippen LogP contribution is 2.46. The number of hydrogen-bond donors (Lipinski definition) is 0. The van der Waals surface area contributed by atoms with Gasteiger partial charge in [0.1, 0.15) is 5.78 Å². The van der Waals surface area contributed by atoms with Gasteiger partial charge < -0.3 is 9.47 Å². The first-order valence-electron chi connectivity index (χ1n) is 6.25. The molecule has 2 aliphatic rings. The first kappa shape index (κ1) is 12.8. The summed E-state index contributed by atoms with van der Waals surface area (Å²) in [6, 6.07) is 0. The van der Waals surface area contributed by atoms with Crippen molar-refractivity contribution in [1.82, 2.24) is 0 Å². The van der Waals surface area contributed by atoms with Crippen molar-refractivity contribution in [1.29, 1.82) is 0 Å². The quantitative estimate of drug-likeness (QED) is 0.659. The van der Waals surface area contributed by atoms with Gasteiger partial charge in [0.15, 0.2) is 5.79 Å². The van der Waals surface area contributed by atoms with Crippen LogP contribution in [-0.2, 0) is 14.3 Å². The van der Waals surface area contributed by atoms with Crippen molar-refractivity contribution >= 4 is 5.78 Å². The molecule has 17 heavy (non-hydrogen) atoms. The van der Waals surface area contributed by atoms with E-state index in [9.17, 15) is 4.79 Å². The molecule has 1 saturated carbocycles. The van der Waals surface area contributed by atoms with Gasteiger partial charge in [-0.1, -0.05) is 19.9 Å². The summed E-state index contributed by atoms with van der Waals surface area (Å²) in [4.78, 5) is 12.2. The van der Waals surface area contributed by atoms with E-state index >= 15 is 0 Å². The van der Waals surface area contributed by atoms with Crippen LogP contribution in [0.3, 0.4) is 0 Å². The zero-order chi connectivity index (χ0) is 12.8. The van der Waals surface area contributed by atoms with Gasteiger partial charge in [-0.05, 0) is 19.8 Å². The molecule has 0 spiro atoms. The van der Waals surface area contributed by atoms with Crippen LogP contribution in [0.2, 0.25) is 0 Å². The van der Waals surface area contributed by atoms with Crippen LogP contribution in [0.4, 0.5) is 0 Å². The minimum Gasteiger partial charge on any atom is -0.350 e. The van der Waals surface area contributed by atoms with Crippen molar-refractivity contribution in [3.8, 4) is 0 Å². The standard InChI is InChI=1S/C14H22O3/c1-6-10-9-8-16-14(4,5)17-11(9)7-12(15)13(10,2)3/h6,9-11H,1,7-8H2,2-5H3/t9-,10?,11-/m1/s1. The van der Waals surface area contributed by atoms with Crippen LogP contribution in [-0.4, -0.2) is 24.3 Å². The normalized spacial score (nSPS) is 39.5. The fourth-order valence-corrected chi connectivity index (χ4v) is 3.05. The molecule has 3 nitrogen and oxygen atoms in total. The number of rotatable bonds is 1. The van der Waals surface area contributed by atoms with Crippen LogP contribution in [0.25, 0.3) is 0 Å². The van der Waals surface area contributed by atoms with E-state index in [1.807, 2.05) is 33.8 Å². The molecule has 0 amide bonds. The van der Waals surface area contributed by atoms with Crippen molar-refractivity contribution in [3.63, 3.8) is 0 Å². The van der Waals surface area contributed by atoms with Crippen LogP contribution >= 0.6 is 0 Å². The van der Waals surface area contributed by atoms with Gasteiger partial charge in [0.05, 0.1) is 12.7 Å². The molecule has 96 valence electrons. The predicted molar refractivity (Wildman–Crippen MR) is 65.5 cm³/mol. The lowest BCUT2D eigenvalue weighted by atomic mass is 9.61. The van der Waals surface area contributed by atoms with Crippen LogP contribution < -0.4 is 0 Å². The minimum absolute atomic E-state index is 0.0257. The number of hydrogen-bond acceptors (Lipinski definition) is 3. The lowest BCUT2D eigenvalue weighted by Crippen LogP contribution is -2.56. The summed E-state index contributed by atoms with van der Waals surface area (Å²) in [6.45, 7) is 12.3. The number of carbonyl (C=O) groups excluding carboxylic acids is 1. The minimum atomic E-state index is -0.575. The molecule has 0 aromatic carbocycles. The second-order valence-electron chi connectivity index (χ2n) is 6.14. The highest BCUT2D eigenvalue weighted by molar-refractivity contribution is 5.86. The Balaban J connectivity index is 2.27. The predicted octanol–water partition coefficient (Wildman–Crippen LogP) is 2.56. The first-order valence-corrected chi connectivity index (χ1v) is 6.25. The average molecular weight is 238 g/mol. The molecule has 1 aliphatic carbocycles. The fourth-order valence-electron chi connectivity index (χ4n) is 3.05. The maximum absolute atomic E-state index is 12.2. The fraction of sp³-hybridized carbons (Fsp3) is 0.786. The molecule has 1 saturated heterocycles. The van der Waals surface area contributed by atoms with Crippen molar-refractivity contribution in [3.05, 3.63) is 12.7 Å². The van der Waals surface area contributed by atoms with Gasteiger partial charge >= 0.3 is 0 Å². The largest absolute Gasteiger partial charge is 0.350 e. The average Bonchev–Trinajstić information content (AvgIpc) is 2.19. The Bertz CT molecular complexity index is 343. The van der Waals surface area contributed by atoms with E-state index in [-0.39, 0.29) is 29.1 Å². The molecule has 0 aromatic heterocycles. The lowest BCUT2D eigenvalue weighted by molar-refractivity contribution is -0.304. The number of ether oxygens (including phenoxy) is 2. The van der Waals surface area contributed by atoms with Crippen molar-refractivity contribution in [2.75, 3.05) is 6.61 Å². The van der Waals surface area contributed by atoms with Crippen LogP contribution in [0.1, 0.15) is 34.1 Å². The third-order valence-corrected chi connectivity index (χ3v) is 4.19. The van der Waals surface area contributed by atoms with E-state index in [0.29, 0.717) is 13.0 Å². The van der Waals surface area contributed by atoms with E-state index in [1.165, 1.54) is 0 Å². The molecular weight excluding hydrogens is 216 g/mol. The Kier molecular flexibility index (Phi) is 2.95.